The van der Waals surface area contributed by atoms with Crippen LogP contribution in [0.3, 0.4) is 0 Å². The summed E-state index contributed by atoms with van der Waals surface area (Å²) in [6.07, 6.45) is 7.34. The molecule has 0 saturated heterocycles. The number of carbonyl (C=O) groups is 1. The van der Waals surface area contributed by atoms with Crippen LogP contribution in [-0.2, 0) is 14.3 Å². The van der Waals surface area contributed by atoms with Crippen LogP contribution in [0, 0.1) is 5.92 Å². The molecule has 4 heteroatoms. The first-order valence-corrected chi connectivity index (χ1v) is 5.74. The quantitative estimate of drug-likeness (QED) is 0.419. The fraction of sp³-hybridized carbons (Fsp3) is 0.750. The van der Waals surface area contributed by atoms with Gasteiger partial charge < -0.3 is 14.8 Å². The van der Waals surface area contributed by atoms with Crippen molar-refractivity contribution in [2.45, 2.75) is 25.3 Å². The van der Waals surface area contributed by atoms with Crippen LogP contribution in [0.2, 0.25) is 0 Å². The highest BCUT2D eigenvalue weighted by Gasteiger charge is 2.28. The highest BCUT2D eigenvalue weighted by Crippen LogP contribution is 2.22. The van der Waals surface area contributed by atoms with Crippen molar-refractivity contribution in [2.75, 3.05) is 27.4 Å². The Kier molecular flexibility index (Phi) is 6.11. The molecule has 0 bridgehead atoms. The van der Waals surface area contributed by atoms with E-state index in [0.29, 0.717) is 19.1 Å². The lowest BCUT2D eigenvalue weighted by Gasteiger charge is -2.26. The van der Waals surface area contributed by atoms with Gasteiger partial charge in [0.25, 0.3) is 0 Å². The van der Waals surface area contributed by atoms with Crippen LogP contribution in [-0.4, -0.2) is 39.4 Å². The lowest BCUT2D eigenvalue weighted by molar-refractivity contribution is -0.144. The van der Waals surface area contributed by atoms with Crippen molar-refractivity contribution in [3.63, 3.8) is 0 Å². The van der Waals surface area contributed by atoms with Crippen LogP contribution in [0.15, 0.2) is 12.2 Å². The number of esters is 1. The van der Waals surface area contributed by atoms with Crippen LogP contribution in [0.25, 0.3) is 0 Å². The third-order valence-corrected chi connectivity index (χ3v) is 2.91. The Balaban J connectivity index is 2.48. The molecule has 1 N–H and O–H groups in total. The van der Waals surface area contributed by atoms with Gasteiger partial charge in [-0.25, -0.2) is 0 Å². The third-order valence-electron chi connectivity index (χ3n) is 2.91. The fourth-order valence-corrected chi connectivity index (χ4v) is 2.01. The number of hydrogen-bond donors (Lipinski definition) is 1. The van der Waals surface area contributed by atoms with Crippen molar-refractivity contribution in [3.8, 4) is 0 Å². The van der Waals surface area contributed by atoms with E-state index in [2.05, 4.69) is 17.5 Å². The number of carbonyl (C=O) groups excluding carboxylic acids is 1. The van der Waals surface area contributed by atoms with Crippen molar-refractivity contribution in [1.29, 1.82) is 0 Å². The van der Waals surface area contributed by atoms with Gasteiger partial charge in [-0.3, -0.25) is 4.79 Å². The molecule has 0 aromatic heterocycles. The van der Waals surface area contributed by atoms with Crippen molar-refractivity contribution in [1.82, 2.24) is 5.32 Å². The Labute approximate surface area is 97.0 Å². The van der Waals surface area contributed by atoms with Gasteiger partial charge in [0.05, 0.1) is 13.7 Å². The summed E-state index contributed by atoms with van der Waals surface area (Å²) in [7, 11) is 3.09. The average molecular weight is 227 g/mol. The van der Waals surface area contributed by atoms with Gasteiger partial charge in [-0.1, -0.05) is 12.2 Å². The molecular weight excluding hydrogens is 206 g/mol. The zero-order valence-electron chi connectivity index (χ0n) is 10.1. The molecule has 0 radical (unpaired) electrons. The first-order valence-electron chi connectivity index (χ1n) is 5.74. The van der Waals surface area contributed by atoms with Gasteiger partial charge in [-0.05, 0) is 25.2 Å². The van der Waals surface area contributed by atoms with Gasteiger partial charge in [0, 0.05) is 13.7 Å². The minimum absolute atomic E-state index is 0.170. The average Bonchev–Trinajstić information content (AvgIpc) is 2.35. The van der Waals surface area contributed by atoms with Crippen LogP contribution < -0.4 is 5.32 Å². The molecule has 1 aliphatic carbocycles. The Bertz CT molecular complexity index is 240. The fourth-order valence-electron chi connectivity index (χ4n) is 2.01. The zero-order valence-corrected chi connectivity index (χ0v) is 10.1. The highest BCUT2D eigenvalue weighted by molar-refractivity contribution is 5.76. The van der Waals surface area contributed by atoms with Crippen LogP contribution in [0.1, 0.15) is 19.3 Å². The van der Waals surface area contributed by atoms with E-state index in [0.717, 1.165) is 19.3 Å². The molecule has 0 heterocycles. The first-order chi connectivity index (χ1) is 7.79. The summed E-state index contributed by atoms with van der Waals surface area (Å²) in [5.74, 6) is 0.172. The molecule has 16 heavy (non-hydrogen) atoms. The summed E-state index contributed by atoms with van der Waals surface area (Å²) in [6.45, 7) is 1.28. The third kappa shape index (κ3) is 3.94. The highest BCUT2D eigenvalue weighted by atomic mass is 16.5. The van der Waals surface area contributed by atoms with Gasteiger partial charge in [-0.15, -0.1) is 0 Å². The predicted octanol–water partition coefficient (Wildman–Crippen LogP) is 1.12. The van der Waals surface area contributed by atoms with Gasteiger partial charge in [0.2, 0.25) is 0 Å². The number of allylic oxidation sites excluding steroid dienone is 2. The second kappa shape index (κ2) is 7.41. The SMILES string of the molecule is COCCNC(C(=O)OC)C1CC=CCC1. The maximum Gasteiger partial charge on any atom is 0.323 e. The maximum atomic E-state index is 11.7. The van der Waals surface area contributed by atoms with Crippen molar-refractivity contribution >= 4 is 5.97 Å². The van der Waals surface area contributed by atoms with E-state index in [1.165, 1.54) is 7.11 Å². The number of hydrogen-bond acceptors (Lipinski definition) is 4. The molecular formula is C12H21NO3. The van der Waals surface area contributed by atoms with Crippen LogP contribution >= 0.6 is 0 Å². The van der Waals surface area contributed by atoms with Crippen LogP contribution in [0.5, 0.6) is 0 Å². The number of ether oxygens (including phenoxy) is 2. The Morgan fingerprint density at radius 1 is 1.50 bits per heavy atom. The molecule has 0 fully saturated rings. The largest absolute Gasteiger partial charge is 0.468 e. The summed E-state index contributed by atoms with van der Waals surface area (Å²) < 4.78 is 9.79. The molecule has 0 amide bonds. The molecule has 1 aliphatic rings. The minimum atomic E-state index is -0.204. The molecule has 4 nitrogen and oxygen atoms in total. The Hall–Kier alpha value is -0.870. The van der Waals surface area contributed by atoms with E-state index in [9.17, 15) is 4.79 Å². The van der Waals surface area contributed by atoms with Gasteiger partial charge in [-0.2, -0.15) is 0 Å². The maximum absolute atomic E-state index is 11.7. The molecule has 2 unspecified atom stereocenters. The second-order valence-corrected chi connectivity index (χ2v) is 3.99. The van der Waals surface area contributed by atoms with Gasteiger partial charge >= 0.3 is 5.97 Å². The molecule has 0 spiro atoms. The molecule has 0 aromatic carbocycles. The standard InChI is InChI=1S/C12H21NO3/c1-15-9-8-13-11(12(14)16-2)10-6-4-3-5-7-10/h3-4,10-11,13H,5-9H2,1-2H3. The van der Waals surface area contributed by atoms with E-state index in [1.807, 2.05) is 0 Å². The number of methoxy groups -OCH3 is 2. The first kappa shape index (κ1) is 13.2. The molecule has 92 valence electrons. The lowest BCUT2D eigenvalue weighted by atomic mass is 9.87. The predicted molar refractivity (Wildman–Crippen MR) is 62.2 cm³/mol. The Morgan fingerprint density at radius 3 is 2.88 bits per heavy atom. The summed E-state index contributed by atoms with van der Waals surface area (Å²) in [5.41, 5.74) is 0. The van der Waals surface area contributed by atoms with Crippen molar-refractivity contribution < 1.29 is 14.3 Å². The monoisotopic (exact) mass is 227 g/mol. The normalized spacial score (nSPS) is 21.8. The summed E-state index contributed by atoms with van der Waals surface area (Å²) >= 11 is 0. The smallest absolute Gasteiger partial charge is 0.323 e. The summed E-state index contributed by atoms with van der Waals surface area (Å²) in [6, 6.07) is -0.204. The van der Waals surface area contributed by atoms with E-state index in [-0.39, 0.29) is 12.0 Å². The molecule has 0 aliphatic heterocycles. The van der Waals surface area contributed by atoms with Crippen LogP contribution in [0.4, 0.5) is 0 Å². The molecule has 2 atom stereocenters. The van der Waals surface area contributed by atoms with Gasteiger partial charge in [0.1, 0.15) is 6.04 Å². The summed E-state index contributed by atoms with van der Waals surface area (Å²) in [4.78, 5) is 11.7. The number of rotatable bonds is 6. The van der Waals surface area contributed by atoms with Gasteiger partial charge in [0.15, 0.2) is 0 Å². The molecule has 0 aromatic rings. The molecule has 0 saturated carbocycles. The van der Waals surface area contributed by atoms with Crippen molar-refractivity contribution in [2.24, 2.45) is 5.92 Å². The van der Waals surface area contributed by atoms with E-state index < -0.39 is 0 Å². The van der Waals surface area contributed by atoms with Crippen molar-refractivity contribution in [3.05, 3.63) is 12.2 Å². The number of nitrogens with one attached hydrogen (secondary N) is 1. The second-order valence-electron chi connectivity index (χ2n) is 3.99. The summed E-state index contributed by atoms with van der Waals surface area (Å²) in [5, 5.41) is 3.21. The lowest BCUT2D eigenvalue weighted by Crippen LogP contribution is -2.45. The Morgan fingerprint density at radius 2 is 2.31 bits per heavy atom. The molecule has 1 rings (SSSR count). The van der Waals surface area contributed by atoms with E-state index in [4.69, 9.17) is 9.47 Å². The zero-order chi connectivity index (χ0) is 11.8. The van der Waals surface area contributed by atoms with E-state index >= 15 is 0 Å². The topological polar surface area (TPSA) is 47.6 Å². The minimum Gasteiger partial charge on any atom is -0.468 e. The van der Waals surface area contributed by atoms with E-state index in [1.54, 1.807) is 7.11 Å².